The van der Waals surface area contributed by atoms with Gasteiger partial charge in [-0.15, -0.1) is 0 Å². The van der Waals surface area contributed by atoms with Crippen LogP contribution in [-0.2, 0) is 20.4 Å². The van der Waals surface area contributed by atoms with Crippen LogP contribution in [0.4, 0.5) is 30.8 Å². The minimum absolute atomic E-state index is 0.0493. The van der Waals surface area contributed by atoms with Crippen molar-refractivity contribution in [1.82, 2.24) is 15.0 Å². The third-order valence-electron chi connectivity index (χ3n) is 5.12. The van der Waals surface area contributed by atoms with Crippen molar-refractivity contribution in [3.05, 3.63) is 62.7 Å². The molecule has 0 atom stereocenters. The molecule has 0 unspecified atom stereocenters. The summed E-state index contributed by atoms with van der Waals surface area (Å²) < 4.78 is 52.8. The van der Waals surface area contributed by atoms with Gasteiger partial charge in [0.2, 0.25) is 11.9 Å². The van der Waals surface area contributed by atoms with Crippen LogP contribution in [0.3, 0.4) is 0 Å². The Morgan fingerprint density at radius 2 is 1.70 bits per heavy atom. The van der Waals surface area contributed by atoms with Crippen LogP contribution in [0.25, 0.3) is 0 Å². The van der Waals surface area contributed by atoms with Gasteiger partial charge >= 0.3 is 18.1 Å². The number of nitro groups is 1. The third kappa shape index (κ3) is 12.2. The lowest BCUT2D eigenvalue weighted by Crippen LogP contribution is -2.27. The molecule has 46 heavy (non-hydrogen) atoms. The Bertz CT molecular complexity index is 1540. The minimum Gasteiger partial charge on any atom is -0.463 e. The average molecular weight is 689 g/mol. The van der Waals surface area contributed by atoms with Crippen LogP contribution in [0.2, 0.25) is 5.02 Å². The molecule has 2 N–H and O–H groups in total. The first kappa shape index (κ1) is 37.8. The molecule has 13 nitrogen and oxygen atoms in total. The summed E-state index contributed by atoms with van der Waals surface area (Å²) in [4.78, 5) is 46.6. The number of hydrogen-bond acceptors (Lipinski definition) is 13. The average Bonchev–Trinajstić information content (AvgIpc) is 2.96. The van der Waals surface area contributed by atoms with Crippen molar-refractivity contribution in [2.24, 2.45) is 0 Å². The van der Waals surface area contributed by atoms with Crippen molar-refractivity contribution in [3.8, 4) is 11.5 Å². The highest BCUT2D eigenvalue weighted by Crippen LogP contribution is 2.37. The number of carbonyl (C=O) groups is 2. The molecule has 2 aromatic carbocycles. The van der Waals surface area contributed by atoms with E-state index >= 15 is 0 Å². The molecule has 1 heterocycles. The van der Waals surface area contributed by atoms with Gasteiger partial charge in [0, 0.05) is 24.2 Å². The number of ether oxygens (including phenoxy) is 3. The van der Waals surface area contributed by atoms with Crippen molar-refractivity contribution >= 4 is 52.9 Å². The highest BCUT2D eigenvalue weighted by atomic mass is 35.5. The molecule has 1 aromatic heterocycles. The van der Waals surface area contributed by atoms with Crippen molar-refractivity contribution in [2.75, 3.05) is 36.6 Å². The Hall–Kier alpha value is -4.38. The number of thioether (sulfide) groups is 1. The van der Waals surface area contributed by atoms with Gasteiger partial charge in [0.05, 0.1) is 22.1 Å². The topological polar surface area (TPSA) is 168 Å². The summed E-state index contributed by atoms with van der Waals surface area (Å²) >= 11 is 7.31. The molecule has 0 bridgehead atoms. The predicted molar refractivity (Wildman–Crippen MR) is 166 cm³/mol. The Labute approximate surface area is 271 Å². The van der Waals surface area contributed by atoms with Crippen LogP contribution in [0, 0.1) is 10.1 Å². The van der Waals surface area contributed by atoms with Crippen LogP contribution >= 0.6 is 23.4 Å². The number of aromatic nitrogens is 3. The molecule has 0 aliphatic carbocycles. The van der Waals surface area contributed by atoms with E-state index in [9.17, 15) is 32.9 Å². The lowest BCUT2D eigenvalue weighted by molar-refractivity contribution is -0.385. The first-order valence-corrected chi connectivity index (χ1v) is 15.1. The normalized spacial score (nSPS) is 11.1. The van der Waals surface area contributed by atoms with E-state index in [0.717, 1.165) is 42.0 Å². The number of hydrogen-bond donors (Lipinski definition) is 2. The lowest BCUT2D eigenvalue weighted by Gasteiger charge is -2.20. The fraction of sp³-hybridized carbons (Fsp3) is 0.393. The molecule has 0 radical (unpaired) electrons. The van der Waals surface area contributed by atoms with Gasteiger partial charge in [0.25, 0.3) is 5.69 Å². The maximum Gasteiger partial charge on any atom is 0.416 e. The molecule has 3 rings (SSSR count). The van der Waals surface area contributed by atoms with E-state index in [4.69, 9.17) is 21.1 Å². The van der Waals surface area contributed by atoms with Crippen LogP contribution in [-0.4, -0.2) is 63.4 Å². The number of rotatable bonds is 11. The molecule has 250 valence electrons. The van der Waals surface area contributed by atoms with Crippen molar-refractivity contribution < 1.29 is 41.9 Å². The molecule has 18 heteroatoms. The van der Waals surface area contributed by atoms with Gasteiger partial charge < -0.3 is 24.8 Å². The number of esters is 2. The van der Waals surface area contributed by atoms with Crippen LogP contribution in [0.5, 0.6) is 11.5 Å². The van der Waals surface area contributed by atoms with Gasteiger partial charge in [-0.25, -0.2) is 9.59 Å². The van der Waals surface area contributed by atoms with E-state index in [-0.39, 0.29) is 28.7 Å². The van der Waals surface area contributed by atoms with Crippen molar-refractivity contribution in [2.45, 2.75) is 51.5 Å². The Balaban J connectivity index is 0.000000387. The highest BCUT2D eigenvalue weighted by molar-refractivity contribution is 7.98. The molecular formula is C28H32ClF3N6O7S. The van der Waals surface area contributed by atoms with Gasteiger partial charge in [0.15, 0.2) is 11.8 Å². The first-order chi connectivity index (χ1) is 21.5. The smallest absolute Gasteiger partial charge is 0.416 e. The van der Waals surface area contributed by atoms with E-state index in [1.54, 1.807) is 0 Å². The summed E-state index contributed by atoms with van der Waals surface area (Å²) in [5.74, 6) is -1.12. The van der Waals surface area contributed by atoms with E-state index in [2.05, 4.69) is 51.1 Å². The van der Waals surface area contributed by atoms with Gasteiger partial charge in [-0.1, -0.05) is 23.4 Å². The summed E-state index contributed by atoms with van der Waals surface area (Å²) in [6.07, 6.45) is -2.66. The zero-order valence-corrected chi connectivity index (χ0v) is 27.2. The Kier molecular flexibility index (Phi) is 13.8. The summed E-state index contributed by atoms with van der Waals surface area (Å²) in [5, 5.41) is 17.8. The molecule has 0 saturated carbocycles. The van der Waals surface area contributed by atoms with Crippen molar-refractivity contribution in [3.63, 3.8) is 0 Å². The number of anilines is 2. The molecule has 0 spiro atoms. The van der Waals surface area contributed by atoms with Crippen LogP contribution < -0.4 is 15.4 Å². The van der Waals surface area contributed by atoms with Crippen LogP contribution in [0.1, 0.15) is 50.5 Å². The molecular weight excluding hydrogens is 657 g/mol. The van der Waals surface area contributed by atoms with Gasteiger partial charge in [0.1, 0.15) is 17.1 Å². The zero-order valence-electron chi connectivity index (χ0n) is 25.7. The van der Waals surface area contributed by atoms with E-state index in [1.165, 1.54) is 18.7 Å². The second-order valence-corrected chi connectivity index (χ2v) is 11.1. The second-order valence-electron chi connectivity index (χ2n) is 9.94. The van der Waals surface area contributed by atoms with Crippen LogP contribution in [0.15, 0.2) is 41.6 Å². The SMILES string of the molecule is CCNc1nc(NC(C)(C)C)nc(SC)n1.CCOC(=O)COC(=O)c1cc(Oc2ccc(C(F)(F)F)cc2Cl)ccc1[N+](=O)[O-]. The number of carbonyl (C=O) groups excluding carboxylic acids is 2. The molecule has 0 fully saturated rings. The van der Waals surface area contributed by atoms with E-state index in [1.807, 2.05) is 13.2 Å². The Morgan fingerprint density at radius 1 is 1.02 bits per heavy atom. The fourth-order valence-electron chi connectivity index (χ4n) is 3.27. The summed E-state index contributed by atoms with van der Waals surface area (Å²) in [6, 6.07) is 5.35. The summed E-state index contributed by atoms with van der Waals surface area (Å²) in [5.41, 5.74) is -2.22. The first-order valence-electron chi connectivity index (χ1n) is 13.4. The fourth-order valence-corrected chi connectivity index (χ4v) is 3.84. The van der Waals surface area contributed by atoms with E-state index < -0.39 is 46.5 Å². The largest absolute Gasteiger partial charge is 0.463 e. The van der Waals surface area contributed by atoms with Gasteiger partial charge in [-0.3, -0.25) is 10.1 Å². The number of halogens is 4. The van der Waals surface area contributed by atoms with Crippen molar-refractivity contribution in [1.29, 1.82) is 0 Å². The number of nitro benzene ring substituents is 1. The maximum atomic E-state index is 12.7. The molecule has 0 aliphatic heterocycles. The molecule has 0 saturated heterocycles. The second kappa shape index (κ2) is 16.8. The van der Waals surface area contributed by atoms with E-state index in [0.29, 0.717) is 18.0 Å². The maximum absolute atomic E-state index is 12.7. The highest BCUT2D eigenvalue weighted by Gasteiger charge is 2.31. The predicted octanol–water partition coefficient (Wildman–Crippen LogP) is 7.01. The molecule has 3 aromatic rings. The third-order valence-corrected chi connectivity index (χ3v) is 5.96. The number of nitrogens with zero attached hydrogens (tertiary/aromatic N) is 4. The standard InChI is InChI=1S/C18H13ClF3NO7.C10H19N5S/c1-2-28-16(24)9-29-17(25)12-8-11(4-5-14(12)23(26)27)30-15-6-3-10(7-13(15)19)18(20,21)22;1-6-11-7-12-8(15-10(2,3)4)14-9(13-7)16-5/h3-8H,2,9H2,1H3;6H2,1-5H3,(H2,11,12,13,14,15). The molecule has 0 aliphatic rings. The van der Waals surface area contributed by atoms with Gasteiger partial charge in [-0.2, -0.15) is 28.1 Å². The Morgan fingerprint density at radius 3 is 2.24 bits per heavy atom. The number of benzene rings is 2. The monoisotopic (exact) mass is 688 g/mol. The molecule has 0 amide bonds. The quantitative estimate of drug-likeness (QED) is 0.0914. The summed E-state index contributed by atoms with van der Waals surface area (Å²) in [6.45, 7) is 9.85. The lowest BCUT2D eigenvalue weighted by atomic mass is 10.1. The number of alkyl halides is 3. The zero-order chi connectivity index (χ0) is 34.7. The van der Waals surface area contributed by atoms with Gasteiger partial charge in [-0.05, 0) is 65.1 Å². The minimum atomic E-state index is -4.61. The summed E-state index contributed by atoms with van der Waals surface area (Å²) in [7, 11) is 0. The number of nitrogens with one attached hydrogen (secondary N) is 2.